The van der Waals surface area contributed by atoms with E-state index in [9.17, 15) is 8.42 Å². The second-order valence-corrected chi connectivity index (χ2v) is 8.98. The van der Waals surface area contributed by atoms with Crippen molar-refractivity contribution in [2.24, 2.45) is 0 Å². The van der Waals surface area contributed by atoms with E-state index < -0.39 is 10.1 Å². The van der Waals surface area contributed by atoms with Crippen molar-refractivity contribution in [2.75, 3.05) is 32.1 Å². The number of aliphatic hydroxyl groups excluding tert-OH is 2. The summed E-state index contributed by atoms with van der Waals surface area (Å²) >= 11 is 0. The maximum absolute atomic E-state index is 11.9. The molecule has 8 heteroatoms. The van der Waals surface area contributed by atoms with Gasteiger partial charge in [0, 0.05) is 13.1 Å². The number of hydroxylamine groups is 2. The number of aliphatic hydroxyl groups is 2. The second kappa shape index (κ2) is 22.5. The summed E-state index contributed by atoms with van der Waals surface area (Å²) in [4.78, 5) is 0. The van der Waals surface area contributed by atoms with Crippen molar-refractivity contribution in [3.8, 4) is 0 Å². The largest absolute Gasteiger partial charge is 1.00 e. The minimum atomic E-state index is -3.64. The van der Waals surface area contributed by atoms with Gasteiger partial charge in [0.25, 0.3) is 10.1 Å². The molecule has 6 nitrogen and oxygen atoms in total. The third-order valence-corrected chi connectivity index (χ3v) is 5.89. The zero-order chi connectivity index (χ0) is 20.2. The Hall–Kier alpha value is 0.790. The van der Waals surface area contributed by atoms with E-state index in [1.54, 1.807) is 0 Å². The van der Waals surface area contributed by atoms with E-state index >= 15 is 0 Å². The summed E-state index contributed by atoms with van der Waals surface area (Å²) in [6.45, 7) is 1.96. The van der Waals surface area contributed by atoms with Gasteiger partial charge in [-0.2, -0.15) is 17.8 Å². The maximum atomic E-state index is 11.9. The summed E-state index contributed by atoms with van der Waals surface area (Å²) in [6, 6.07) is 0. The number of rotatable bonds is 21. The van der Waals surface area contributed by atoms with Crippen molar-refractivity contribution in [2.45, 2.75) is 96.8 Å². The van der Waals surface area contributed by atoms with Crippen LogP contribution >= 0.6 is 0 Å². The van der Waals surface area contributed by atoms with Crippen molar-refractivity contribution in [1.29, 1.82) is 0 Å². The maximum Gasteiger partial charge on any atom is 1.00 e. The minimum absolute atomic E-state index is 0. The van der Waals surface area contributed by atoms with Crippen molar-refractivity contribution < 1.29 is 53.9 Å². The standard InChI is InChI=1S/C20H43NO5S.Na.H/c1-2-3-4-5-6-7-8-9-10-11-12-13-14-15-20-27(24,25)26-21(16-18-22)17-19-23;;/h22-23H,2-20H2,1H3;;/q;+1;-1. The fourth-order valence-corrected chi connectivity index (χ4v) is 4.18. The normalized spacial score (nSPS) is 11.7. The van der Waals surface area contributed by atoms with Crippen molar-refractivity contribution in [3.05, 3.63) is 0 Å². The van der Waals surface area contributed by atoms with Gasteiger partial charge in [-0.25, -0.2) is 0 Å². The van der Waals surface area contributed by atoms with Gasteiger partial charge >= 0.3 is 29.6 Å². The van der Waals surface area contributed by atoms with Gasteiger partial charge in [-0.3, -0.25) is 0 Å². The molecule has 0 fully saturated rings. The predicted octanol–water partition coefficient (Wildman–Crippen LogP) is 1.13. The van der Waals surface area contributed by atoms with Crippen LogP contribution in [-0.4, -0.2) is 55.8 Å². The fourth-order valence-electron chi connectivity index (χ4n) is 3.08. The van der Waals surface area contributed by atoms with Crippen LogP contribution in [0.2, 0.25) is 0 Å². The van der Waals surface area contributed by atoms with Crippen LogP contribution in [0.5, 0.6) is 0 Å². The summed E-state index contributed by atoms with van der Waals surface area (Å²) in [5, 5.41) is 18.8. The van der Waals surface area contributed by atoms with E-state index in [-0.39, 0.29) is 63.0 Å². The van der Waals surface area contributed by atoms with E-state index in [2.05, 4.69) is 6.92 Å². The first-order chi connectivity index (χ1) is 13.1. The molecule has 0 atom stereocenters. The summed E-state index contributed by atoms with van der Waals surface area (Å²) in [7, 11) is -3.64. The van der Waals surface area contributed by atoms with Gasteiger partial charge in [0.1, 0.15) is 0 Å². The van der Waals surface area contributed by atoms with Gasteiger partial charge in [-0.05, 0) is 6.42 Å². The van der Waals surface area contributed by atoms with Crippen LogP contribution in [0.3, 0.4) is 0 Å². The molecule has 28 heavy (non-hydrogen) atoms. The number of nitrogens with zero attached hydrogens (tertiary/aromatic N) is 1. The molecule has 0 aromatic carbocycles. The van der Waals surface area contributed by atoms with Gasteiger partial charge in [-0.15, -0.1) is 0 Å². The first-order valence-corrected chi connectivity index (χ1v) is 12.5. The first kappa shape index (κ1) is 31.0. The molecule has 0 saturated heterocycles. The molecule has 0 unspecified atom stereocenters. The van der Waals surface area contributed by atoms with Crippen molar-refractivity contribution in [1.82, 2.24) is 5.06 Å². The molecule has 0 aliphatic rings. The zero-order valence-corrected chi connectivity index (χ0v) is 21.2. The molecule has 0 amide bonds. The summed E-state index contributed by atoms with van der Waals surface area (Å²) in [5.74, 6) is -0.0155. The summed E-state index contributed by atoms with van der Waals surface area (Å²) in [5.41, 5.74) is 0. The average Bonchev–Trinajstić information content (AvgIpc) is 2.62. The molecule has 0 aromatic heterocycles. The molecule has 0 aliphatic carbocycles. The summed E-state index contributed by atoms with van der Waals surface area (Å²) in [6.07, 6.45) is 17.1. The quantitative estimate of drug-likeness (QED) is 0.160. The number of hydrogen-bond donors (Lipinski definition) is 2. The molecular formula is C20H44NNaO5S. The van der Waals surface area contributed by atoms with Gasteiger partial charge in [-0.1, -0.05) is 90.4 Å². The Labute approximate surface area is 197 Å². The van der Waals surface area contributed by atoms with Gasteiger partial charge in [0.15, 0.2) is 0 Å². The molecule has 0 saturated carbocycles. The molecule has 0 bridgehead atoms. The first-order valence-electron chi connectivity index (χ1n) is 10.9. The molecule has 0 aliphatic heterocycles. The van der Waals surface area contributed by atoms with Crippen LogP contribution in [0.15, 0.2) is 0 Å². The van der Waals surface area contributed by atoms with Crippen molar-refractivity contribution in [3.63, 3.8) is 0 Å². The Balaban J connectivity index is -0.00000338. The molecule has 0 spiro atoms. The Bertz CT molecular complexity index is 410. The van der Waals surface area contributed by atoms with Crippen molar-refractivity contribution >= 4 is 10.1 Å². The van der Waals surface area contributed by atoms with Crippen LogP contribution in [0.1, 0.15) is 98.2 Å². The molecule has 2 N–H and O–H groups in total. The summed E-state index contributed by atoms with van der Waals surface area (Å²) < 4.78 is 28.7. The molecule has 0 aromatic rings. The Morgan fingerprint density at radius 3 is 1.43 bits per heavy atom. The third-order valence-electron chi connectivity index (χ3n) is 4.67. The second-order valence-electron chi connectivity index (χ2n) is 7.31. The Kier molecular flexibility index (Phi) is 24.9. The van der Waals surface area contributed by atoms with E-state index in [0.717, 1.165) is 17.9 Å². The Morgan fingerprint density at radius 1 is 0.714 bits per heavy atom. The zero-order valence-electron chi connectivity index (χ0n) is 19.4. The molecular weight excluding hydrogens is 389 g/mol. The van der Waals surface area contributed by atoms with Gasteiger partial charge in [0.05, 0.1) is 19.0 Å². The van der Waals surface area contributed by atoms with Gasteiger partial charge in [0.2, 0.25) is 0 Å². The van der Waals surface area contributed by atoms with Crippen LogP contribution in [-0.2, 0) is 14.4 Å². The van der Waals surface area contributed by atoms with Crippen LogP contribution in [0, 0.1) is 0 Å². The van der Waals surface area contributed by atoms with E-state index in [1.807, 2.05) is 0 Å². The molecule has 0 rings (SSSR count). The fraction of sp³-hybridized carbons (Fsp3) is 1.00. The average molecular weight is 434 g/mol. The molecule has 0 heterocycles. The van der Waals surface area contributed by atoms with Gasteiger partial charge < -0.3 is 11.6 Å². The molecule has 166 valence electrons. The number of hydrogen-bond acceptors (Lipinski definition) is 6. The number of unbranched alkanes of at least 4 members (excludes halogenated alkanes) is 13. The minimum Gasteiger partial charge on any atom is -1.00 e. The van der Waals surface area contributed by atoms with Crippen LogP contribution < -0.4 is 29.6 Å². The van der Waals surface area contributed by atoms with E-state index in [1.165, 1.54) is 70.6 Å². The third kappa shape index (κ3) is 21.5. The van der Waals surface area contributed by atoms with Crippen LogP contribution in [0.25, 0.3) is 0 Å². The topological polar surface area (TPSA) is 87.1 Å². The smallest absolute Gasteiger partial charge is 1.00 e. The van der Waals surface area contributed by atoms with E-state index in [4.69, 9.17) is 14.5 Å². The Morgan fingerprint density at radius 2 is 1.07 bits per heavy atom. The van der Waals surface area contributed by atoms with Crippen LogP contribution in [0.4, 0.5) is 0 Å². The molecule has 0 radical (unpaired) electrons. The predicted molar refractivity (Wildman–Crippen MR) is 112 cm³/mol. The van der Waals surface area contributed by atoms with E-state index in [0.29, 0.717) is 6.42 Å². The monoisotopic (exact) mass is 433 g/mol. The SMILES string of the molecule is CCCCCCCCCCCCCCCCS(=O)(=O)ON(CCO)CCO.[H-].[Na+].